The summed E-state index contributed by atoms with van der Waals surface area (Å²) in [5.41, 5.74) is -0.0169. The van der Waals surface area contributed by atoms with Crippen molar-refractivity contribution in [3.63, 3.8) is 0 Å². The van der Waals surface area contributed by atoms with Crippen molar-refractivity contribution in [1.29, 1.82) is 0 Å². The van der Waals surface area contributed by atoms with E-state index in [1.54, 1.807) is 24.3 Å². The number of rotatable bonds is 4. The summed E-state index contributed by atoms with van der Waals surface area (Å²) < 4.78 is 10.4. The number of fused-ring (bicyclic) bond motifs is 1. The summed E-state index contributed by atoms with van der Waals surface area (Å²) in [4.78, 5) is 36.1. The van der Waals surface area contributed by atoms with Crippen molar-refractivity contribution in [3.05, 3.63) is 46.3 Å². The van der Waals surface area contributed by atoms with Gasteiger partial charge in [0.2, 0.25) is 5.76 Å². The van der Waals surface area contributed by atoms with E-state index in [-0.39, 0.29) is 23.1 Å². The molecule has 1 fully saturated rings. The number of hydrogen-bond acceptors (Lipinski definition) is 5. The van der Waals surface area contributed by atoms with Gasteiger partial charge >= 0.3 is 5.97 Å². The maximum absolute atomic E-state index is 12.1. The van der Waals surface area contributed by atoms with Crippen LogP contribution in [0, 0.1) is 5.92 Å². The molecular weight excluding hydrogens is 322 g/mol. The van der Waals surface area contributed by atoms with Crippen molar-refractivity contribution in [3.8, 4) is 0 Å². The maximum Gasteiger partial charge on any atom is 0.374 e. The molecule has 1 aliphatic rings. The number of nitrogens with one attached hydrogen (secondary N) is 1. The Kier molecular flexibility index (Phi) is 5.16. The van der Waals surface area contributed by atoms with Crippen LogP contribution < -0.4 is 10.7 Å². The zero-order valence-electron chi connectivity index (χ0n) is 14.1. The second-order valence-corrected chi connectivity index (χ2v) is 6.48. The molecule has 2 atom stereocenters. The fourth-order valence-corrected chi connectivity index (χ4v) is 3.19. The van der Waals surface area contributed by atoms with Gasteiger partial charge in [0.05, 0.1) is 5.39 Å². The van der Waals surface area contributed by atoms with Crippen molar-refractivity contribution in [1.82, 2.24) is 5.32 Å². The topological polar surface area (TPSA) is 85.6 Å². The Hall–Kier alpha value is -2.63. The maximum atomic E-state index is 12.1. The molecule has 0 bridgehead atoms. The van der Waals surface area contributed by atoms with E-state index in [0.29, 0.717) is 16.9 Å². The molecular formula is C19H21NO5. The van der Waals surface area contributed by atoms with Gasteiger partial charge in [-0.15, -0.1) is 0 Å². The van der Waals surface area contributed by atoms with Gasteiger partial charge in [0.25, 0.3) is 5.91 Å². The molecule has 0 unspecified atom stereocenters. The third-order valence-corrected chi connectivity index (χ3v) is 4.63. The molecule has 3 rings (SSSR count). The van der Waals surface area contributed by atoms with Gasteiger partial charge in [-0.2, -0.15) is 0 Å². The summed E-state index contributed by atoms with van der Waals surface area (Å²) in [6.07, 6.45) is 4.31. The van der Waals surface area contributed by atoms with Crippen LogP contribution in [0.1, 0.15) is 43.2 Å². The minimum atomic E-state index is -0.824. The summed E-state index contributed by atoms with van der Waals surface area (Å²) in [5, 5.41) is 3.30. The number of benzene rings is 1. The number of carbonyl (C=O) groups is 2. The van der Waals surface area contributed by atoms with Gasteiger partial charge < -0.3 is 14.5 Å². The highest BCUT2D eigenvalue weighted by molar-refractivity contribution is 5.90. The predicted octanol–water partition coefficient (Wildman–Crippen LogP) is 2.64. The largest absolute Gasteiger partial charge is 0.450 e. The van der Waals surface area contributed by atoms with Gasteiger partial charge in [-0.25, -0.2) is 4.79 Å². The normalized spacial score (nSPS) is 20.2. The number of amides is 1. The van der Waals surface area contributed by atoms with Gasteiger partial charge in [-0.05, 0) is 30.9 Å². The van der Waals surface area contributed by atoms with E-state index >= 15 is 0 Å². The first-order valence-electron chi connectivity index (χ1n) is 8.54. The van der Waals surface area contributed by atoms with Gasteiger partial charge in [0.15, 0.2) is 12.0 Å². The fraction of sp³-hybridized carbons (Fsp3) is 0.421. The Bertz CT molecular complexity index is 841. The Labute approximate surface area is 145 Å². The molecule has 6 nitrogen and oxygen atoms in total. The van der Waals surface area contributed by atoms with E-state index in [4.69, 9.17) is 9.15 Å². The standard InChI is InChI=1S/C19H21NO5/c1-12-6-2-4-8-14(12)20-18(22)11-24-19(23)17-10-15(21)13-7-3-5-9-16(13)25-17/h3,5,7,9-10,12,14H,2,4,6,8,11H2,1H3,(H,20,22)/t12-,14+/m0/s1. The van der Waals surface area contributed by atoms with Gasteiger partial charge in [-0.1, -0.05) is 31.9 Å². The molecule has 1 saturated carbocycles. The molecule has 0 radical (unpaired) electrons. The highest BCUT2D eigenvalue weighted by Crippen LogP contribution is 2.23. The molecule has 6 heteroatoms. The lowest BCUT2D eigenvalue weighted by molar-refractivity contribution is -0.125. The Morgan fingerprint density at radius 3 is 2.80 bits per heavy atom. The molecule has 0 spiro atoms. The second kappa shape index (κ2) is 7.51. The molecule has 1 aromatic carbocycles. The molecule has 1 N–H and O–H groups in total. The van der Waals surface area contributed by atoms with E-state index in [2.05, 4.69) is 12.2 Å². The van der Waals surface area contributed by atoms with Crippen LogP contribution in [0.5, 0.6) is 0 Å². The molecule has 2 aromatic rings. The van der Waals surface area contributed by atoms with E-state index in [1.165, 1.54) is 6.42 Å². The number of ether oxygens (including phenoxy) is 1. The third kappa shape index (κ3) is 4.07. The monoisotopic (exact) mass is 343 g/mol. The molecule has 1 amide bonds. The van der Waals surface area contributed by atoms with Crippen molar-refractivity contribution < 1.29 is 18.7 Å². The third-order valence-electron chi connectivity index (χ3n) is 4.63. The van der Waals surface area contributed by atoms with Crippen LogP contribution in [0.4, 0.5) is 0 Å². The van der Waals surface area contributed by atoms with Crippen LogP contribution >= 0.6 is 0 Å². The zero-order valence-corrected chi connectivity index (χ0v) is 14.1. The number of esters is 1. The number of hydrogen-bond donors (Lipinski definition) is 1. The van der Waals surface area contributed by atoms with E-state index in [9.17, 15) is 14.4 Å². The van der Waals surface area contributed by atoms with E-state index in [0.717, 1.165) is 25.3 Å². The smallest absolute Gasteiger partial charge is 0.374 e. The lowest BCUT2D eigenvalue weighted by Gasteiger charge is -2.29. The molecule has 0 saturated heterocycles. The Morgan fingerprint density at radius 2 is 2.00 bits per heavy atom. The van der Waals surface area contributed by atoms with E-state index in [1.807, 2.05) is 0 Å². The summed E-state index contributed by atoms with van der Waals surface area (Å²) in [7, 11) is 0. The zero-order chi connectivity index (χ0) is 17.8. The van der Waals surface area contributed by atoms with Crippen LogP contribution in [0.15, 0.2) is 39.5 Å². The molecule has 132 valence electrons. The van der Waals surface area contributed by atoms with Crippen LogP contribution in [0.3, 0.4) is 0 Å². The van der Waals surface area contributed by atoms with Gasteiger partial charge in [0, 0.05) is 12.1 Å². The summed E-state index contributed by atoms with van der Waals surface area (Å²) in [5.74, 6) is -0.945. The minimum Gasteiger partial charge on any atom is -0.450 e. The number of para-hydroxylation sites is 1. The van der Waals surface area contributed by atoms with E-state index < -0.39 is 12.6 Å². The Morgan fingerprint density at radius 1 is 1.24 bits per heavy atom. The summed E-state index contributed by atoms with van der Waals surface area (Å²) in [6, 6.07) is 7.86. The van der Waals surface area contributed by atoms with Crippen LogP contribution in [-0.2, 0) is 9.53 Å². The SMILES string of the molecule is C[C@H]1CCCC[C@H]1NC(=O)COC(=O)c1cc(=O)c2ccccc2o1. The fourth-order valence-electron chi connectivity index (χ4n) is 3.19. The quantitative estimate of drug-likeness (QED) is 0.863. The van der Waals surface area contributed by atoms with Gasteiger partial charge in [0.1, 0.15) is 5.58 Å². The first-order chi connectivity index (χ1) is 12.0. The number of carbonyl (C=O) groups excluding carboxylic acids is 2. The van der Waals surface area contributed by atoms with Crippen molar-refractivity contribution in [2.45, 2.75) is 38.6 Å². The average molecular weight is 343 g/mol. The summed E-state index contributed by atoms with van der Waals surface area (Å²) in [6.45, 7) is 1.72. The summed E-state index contributed by atoms with van der Waals surface area (Å²) >= 11 is 0. The van der Waals surface area contributed by atoms with Crippen LogP contribution in [-0.4, -0.2) is 24.5 Å². The average Bonchev–Trinajstić information content (AvgIpc) is 2.61. The van der Waals surface area contributed by atoms with Crippen molar-refractivity contribution >= 4 is 22.8 Å². The highest BCUT2D eigenvalue weighted by atomic mass is 16.5. The van der Waals surface area contributed by atoms with Crippen molar-refractivity contribution in [2.24, 2.45) is 5.92 Å². The predicted molar refractivity (Wildman–Crippen MR) is 92.3 cm³/mol. The van der Waals surface area contributed by atoms with Crippen LogP contribution in [0.2, 0.25) is 0 Å². The molecule has 1 aromatic heterocycles. The lowest BCUT2D eigenvalue weighted by atomic mass is 9.86. The lowest BCUT2D eigenvalue weighted by Crippen LogP contribution is -2.42. The van der Waals surface area contributed by atoms with Crippen molar-refractivity contribution in [2.75, 3.05) is 6.61 Å². The highest BCUT2D eigenvalue weighted by Gasteiger charge is 2.23. The molecule has 0 aliphatic heterocycles. The molecule has 25 heavy (non-hydrogen) atoms. The minimum absolute atomic E-state index is 0.124. The molecule has 1 aliphatic carbocycles. The first kappa shape index (κ1) is 17.2. The Balaban J connectivity index is 1.60. The second-order valence-electron chi connectivity index (χ2n) is 6.48. The first-order valence-corrected chi connectivity index (χ1v) is 8.54. The van der Waals surface area contributed by atoms with Gasteiger partial charge in [-0.3, -0.25) is 9.59 Å². The molecule has 1 heterocycles. The van der Waals surface area contributed by atoms with Crippen LogP contribution in [0.25, 0.3) is 11.0 Å².